The number of rotatable bonds is 25. The first-order valence-electron chi connectivity index (χ1n) is 17.2. The number of urea groups is 1. The maximum atomic E-state index is 12.6. The van der Waals surface area contributed by atoms with Gasteiger partial charge in [-0.1, -0.05) is 18.6 Å². The second kappa shape index (κ2) is 20.1. The Balaban J connectivity index is 0.914. The summed E-state index contributed by atoms with van der Waals surface area (Å²) in [4.78, 5) is 60.1. The lowest BCUT2D eigenvalue weighted by atomic mass is 10.0. The monoisotopic (exact) mass is 719 g/mol. The Bertz CT molecular complexity index is 1330. The van der Waals surface area contributed by atoms with Crippen LogP contribution < -0.4 is 26.6 Å². The summed E-state index contributed by atoms with van der Waals surface area (Å²) in [6.45, 7) is 5.13. The number of unbranched alkanes of at least 4 members (excludes halogenated alkanes) is 1. The summed E-state index contributed by atoms with van der Waals surface area (Å²) in [5, 5.41) is 31.6. The van der Waals surface area contributed by atoms with Gasteiger partial charge in [0.15, 0.2) is 0 Å². The minimum absolute atomic E-state index is 0.0461. The smallest absolute Gasteiger partial charge is 0.315 e. The molecule has 276 valence electrons. The number of carbonyl (C=O) groups excluding carboxylic acids is 4. The lowest BCUT2D eigenvalue weighted by Gasteiger charge is -2.17. The molecule has 4 rings (SSSR count). The molecule has 0 radical (unpaired) electrons. The van der Waals surface area contributed by atoms with Crippen LogP contribution in [0.25, 0.3) is 0 Å². The lowest BCUT2D eigenvalue weighted by molar-refractivity contribution is -0.139. The number of carboxylic acid groups (broad SMARTS) is 1. The van der Waals surface area contributed by atoms with Gasteiger partial charge in [-0.15, -0.1) is 0 Å². The van der Waals surface area contributed by atoms with Crippen molar-refractivity contribution in [3.63, 3.8) is 0 Å². The van der Waals surface area contributed by atoms with E-state index in [1.54, 1.807) is 24.3 Å². The third-order valence-corrected chi connectivity index (χ3v) is 9.98. The molecule has 5 amide bonds. The number of amides is 5. The van der Waals surface area contributed by atoms with Gasteiger partial charge in [-0.3, -0.25) is 19.2 Å². The average molecular weight is 720 g/mol. The Hall–Kier alpha value is -3.80. The van der Waals surface area contributed by atoms with Crippen LogP contribution in [-0.4, -0.2) is 117 Å². The molecule has 4 atom stereocenters. The van der Waals surface area contributed by atoms with Crippen LogP contribution in [-0.2, 0) is 34.3 Å². The molecule has 1 aromatic rings. The normalized spacial score (nSPS) is 20.3. The first-order valence-corrected chi connectivity index (χ1v) is 18.2. The Morgan fingerprint density at radius 2 is 1.56 bits per heavy atom. The maximum Gasteiger partial charge on any atom is 0.315 e. The van der Waals surface area contributed by atoms with Gasteiger partial charge in [0, 0.05) is 54.9 Å². The third kappa shape index (κ3) is 13.2. The number of hydrogen-bond donors (Lipinski definition) is 6. The molecular formula is C33H49N7O9S. The largest absolute Gasteiger partial charge is 0.481 e. The molecule has 3 aliphatic rings. The summed E-state index contributed by atoms with van der Waals surface area (Å²) in [5.41, 5.74) is 0.549. The molecule has 50 heavy (non-hydrogen) atoms. The number of carbonyl (C=O) groups is 5. The van der Waals surface area contributed by atoms with E-state index in [1.807, 2.05) is 18.7 Å². The Morgan fingerprint density at radius 1 is 0.920 bits per heavy atom. The Labute approximate surface area is 296 Å². The predicted octanol–water partition coefficient (Wildman–Crippen LogP) is 1.69. The number of carboxylic acids is 1. The van der Waals surface area contributed by atoms with Gasteiger partial charge in [-0.25, -0.2) is 4.79 Å². The van der Waals surface area contributed by atoms with E-state index in [0.29, 0.717) is 76.3 Å². The molecule has 2 fully saturated rings. The number of fused-ring (bicyclic) bond motifs is 1. The van der Waals surface area contributed by atoms with Crippen LogP contribution in [0.1, 0.15) is 67.8 Å². The number of thioether (sulfide) groups is 1. The van der Waals surface area contributed by atoms with Crippen molar-refractivity contribution < 1.29 is 43.3 Å². The molecule has 2 saturated heterocycles. The van der Waals surface area contributed by atoms with Crippen molar-refractivity contribution in [2.75, 3.05) is 58.5 Å². The highest BCUT2D eigenvalue weighted by molar-refractivity contribution is 8.00. The molecule has 3 aliphatic heterocycles. The Morgan fingerprint density at radius 3 is 2.20 bits per heavy atom. The number of nitrogens with zero attached hydrogens (tertiary/aromatic N) is 2. The molecule has 0 saturated carbocycles. The summed E-state index contributed by atoms with van der Waals surface area (Å²) in [6.07, 6.45) is 3.94. The van der Waals surface area contributed by atoms with Crippen LogP contribution in [0, 0.1) is 0 Å². The SMILES string of the molecule is CC1(c2ccc(C(=O)N[C@H](CC(=O)O)C(=O)NCCCOCCOCCOCCCNC(=O)CCCC[C@@H]3SC[C@@H]4NC(=O)N[C@@H]43)cc2)N=N1. The van der Waals surface area contributed by atoms with Crippen molar-refractivity contribution >= 4 is 41.5 Å². The molecule has 0 unspecified atom stereocenters. The maximum absolute atomic E-state index is 12.6. The second-order valence-electron chi connectivity index (χ2n) is 12.5. The summed E-state index contributed by atoms with van der Waals surface area (Å²) < 4.78 is 16.5. The highest BCUT2D eigenvalue weighted by Crippen LogP contribution is 2.38. The van der Waals surface area contributed by atoms with E-state index in [1.165, 1.54) is 0 Å². The van der Waals surface area contributed by atoms with Crippen molar-refractivity contribution in [1.82, 2.24) is 26.6 Å². The van der Waals surface area contributed by atoms with Crippen LogP contribution >= 0.6 is 11.8 Å². The zero-order valence-corrected chi connectivity index (χ0v) is 29.3. The molecule has 1 aromatic carbocycles. The van der Waals surface area contributed by atoms with Crippen molar-refractivity contribution in [2.24, 2.45) is 10.2 Å². The van der Waals surface area contributed by atoms with Crippen molar-refractivity contribution in [1.29, 1.82) is 0 Å². The van der Waals surface area contributed by atoms with Gasteiger partial charge in [0.05, 0.1) is 44.9 Å². The summed E-state index contributed by atoms with van der Waals surface area (Å²) in [7, 11) is 0. The van der Waals surface area contributed by atoms with Crippen LogP contribution in [0.4, 0.5) is 4.79 Å². The Kier molecular flexibility index (Phi) is 15.7. The number of nitrogens with one attached hydrogen (secondary N) is 5. The van der Waals surface area contributed by atoms with Crippen molar-refractivity contribution in [3.8, 4) is 0 Å². The van der Waals surface area contributed by atoms with Gasteiger partial charge in [0.2, 0.25) is 17.5 Å². The van der Waals surface area contributed by atoms with E-state index in [4.69, 9.17) is 14.2 Å². The fraction of sp³-hybridized carbons (Fsp3) is 0.667. The lowest BCUT2D eigenvalue weighted by Crippen LogP contribution is -2.48. The molecule has 16 nitrogen and oxygen atoms in total. The fourth-order valence-electron chi connectivity index (χ4n) is 5.57. The molecule has 3 heterocycles. The zero-order chi connectivity index (χ0) is 35.8. The van der Waals surface area contributed by atoms with Gasteiger partial charge in [0.1, 0.15) is 6.04 Å². The van der Waals surface area contributed by atoms with Gasteiger partial charge in [-0.2, -0.15) is 22.0 Å². The molecule has 0 bridgehead atoms. The molecule has 17 heteroatoms. The summed E-state index contributed by atoms with van der Waals surface area (Å²) in [6, 6.07) is 5.75. The quantitative estimate of drug-likeness (QED) is 0.0635. The van der Waals surface area contributed by atoms with E-state index in [9.17, 15) is 29.1 Å². The zero-order valence-electron chi connectivity index (χ0n) is 28.4. The number of ether oxygens (including phenoxy) is 3. The topological polar surface area (TPSA) is 218 Å². The molecule has 0 spiro atoms. The molecule has 0 aromatic heterocycles. The summed E-state index contributed by atoms with van der Waals surface area (Å²) in [5.74, 6) is -1.36. The molecule has 6 N–H and O–H groups in total. The third-order valence-electron chi connectivity index (χ3n) is 8.47. The van der Waals surface area contributed by atoms with E-state index in [-0.39, 0.29) is 30.6 Å². The van der Waals surface area contributed by atoms with Gasteiger partial charge < -0.3 is 45.9 Å². The summed E-state index contributed by atoms with van der Waals surface area (Å²) >= 11 is 1.89. The first-order chi connectivity index (χ1) is 24.1. The second-order valence-corrected chi connectivity index (χ2v) is 13.7. The highest BCUT2D eigenvalue weighted by Gasteiger charge is 2.42. The van der Waals surface area contributed by atoms with E-state index in [2.05, 4.69) is 36.8 Å². The van der Waals surface area contributed by atoms with Gasteiger partial charge in [0.25, 0.3) is 5.91 Å². The van der Waals surface area contributed by atoms with Gasteiger partial charge >= 0.3 is 12.0 Å². The highest BCUT2D eigenvalue weighted by atomic mass is 32.2. The fourth-order valence-corrected chi connectivity index (χ4v) is 7.11. The number of hydrogen-bond acceptors (Lipinski definition) is 11. The van der Waals surface area contributed by atoms with E-state index < -0.39 is 35.9 Å². The first kappa shape index (κ1) is 39.0. The van der Waals surface area contributed by atoms with Crippen LogP contribution in [0.2, 0.25) is 0 Å². The molecular weight excluding hydrogens is 670 g/mol. The minimum atomic E-state index is -1.23. The van der Waals surface area contributed by atoms with Crippen LogP contribution in [0.5, 0.6) is 0 Å². The van der Waals surface area contributed by atoms with Crippen molar-refractivity contribution in [3.05, 3.63) is 35.4 Å². The standard InChI is InChI=1S/C33H49N7O9S/c1-33(39-40-33)23-10-8-22(9-11-23)30(44)36-24(20-28(42)43)31(45)35-13-5-15-48-17-19-49-18-16-47-14-4-12-34-27(41)7-3-2-6-26-29-25(21-50-26)37-32(46)38-29/h8-11,24-26,29H,2-7,12-21H2,1H3,(H,34,41)(H,35,45)(H,36,44)(H,42,43)(H2,37,38,46)/t24-,25+,26+,29+/m1/s1. The van der Waals surface area contributed by atoms with Crippen LogP contribution in [0.15, 0.2) is 34.5 Å². The van der Waals surface area contributed by atoms with E-state index >= 15 is 0 Å². The molecule has 0 aliphatic carbocycles. The number of aliphatic carboxylic acids is 1. The number of benzene rings is 1. The average Bonchev–Trinajstić information content (AvgIpc) is 3.58. The predicted molar refractivity (Wildman–Crippen MR) is 184 cm³/mol. The minimum Gasteiger partial charge on any atom is -0.481 e. The van der Waals surface area contributed by atoms with Gasteiger partial charge in [-0.05, 0) is 44.7 Å². The van der Waals surface area contributed by atoms with E-state index in [0.717, 1.165) is 30.6 Å². The van der Waals surface area contributed by atoms with Crippen LogP contribution in [0.3, 0.4) is 0 Å². The van der Waals surface area contributed by atoms with Crippen molar-refractivity contribution in [2.45, 2.75) is 80.9 Å².